The molecule has 0 aliphatic carbocycles. The molecule has 9 heteroatoms. The third kappa shape index (κ3) is 3.87. The Morgan fingerprint density at radius 1 is 1.42 bits per heavy atom. The Morgan fingerprint density at radius 3 is 2.37 bits per heavy atom. The van der Waals surface area contributed by atoms with Gasteiger partial charge in [0.05, 0.1) is 5.88 Å². The van der Waals surface area contributed by atoms with E-state index in [1.54, 1.807) is 11.5 Å². The summed E-state index contributed by atoms with van der Waals surface area (Å²) in [6.07, 6.45) is -3.29. The number of aromatic nitrogens is 1. The number of halogens is 4. The number of alkyl halides is 4. The van der Waals surface area contributed by atoms with E-state index in [9.17, 15) is 21.6 Å². The van der Waals surface area contributed by atoms with E-state index in [0.29, 0.717) is 12.2 Å². The second-order valence-electron chi connectivity index (χ2n) is 3.96. The van der Waals surface area contributed by atoms with Crippen LogP contribution in [0, 0.1) is 0 Å². The standard InChI is InChI=1S/C10H14ClF3N2O2S/c1-3-16-6-9(4-8(16)5-11)19(17,18)15(2)7-10(12,13)14/h4,6H,3,5,7H2,1-2H3. The summed E-state index contributed by atoms with van der Waals surface area (Å²) < 4.78 is 62.5. The van der Waals surface area contributed by atoms with Gasteiger partial charge < -0.3 is 4.57 Å². The highest BCUT2D eigenvalue weighted by molar-refractivity contribution is 7.89. The summed E-state index contributed by atoms with van der Waals surface area (Å²) >= 11 is 5.65. The van der Waals surface area contributed by atoms with Gasteiger partial charge in [-0.15, -0.1) is 11.6 Å². The maximum Gasteiger partial charge on any atom is 0.402 e. The molecule has 1 heterocycles. The normalized spacial score (nSPS) is 13.2. The molecule has 110 valence electrons. The van der Waals surface area contributed by atoms with Crippen molar-refractivity contribution in [2.45, 2.75) is 30.4 Å². The Balaban J connectivity index is 3.10. The fourth-order valence-electron chi connectivity index (χ4n) is 1.59. The Bertz CT molecular complexity index is 518. The van der Waals surface area contributed by atoms with Crippen LogP contribution in [-0.4, -0.2) is 37.1 Å². The molecule has 0 radical (unpaired) electrons. The molecule has 0 N–H and O–H groups in total. The average molecular weight is 319 g/mol. The van der Waals surface area contributed by atoms with Crippen molar-refractivity contribution in [2.24, 2.45) is 0 Å². The molecule has 0 saturated carbocycles. The van der Waals surface area contributed by atoms with E-state index < -0.39 is 22.7 Å². The Morgan fingerprint density at radius 2 is 2.00 bits per heavy atom. The Labute approximate surface area is 114 Å². The summed E-state index contributed by atoms with van der Waals surface area (Å²) in [4.78, 5) is -0.184. The molecule has 19 heavy (non-hydrogen) atoms. The molecular formula is C10H14ClF3N2O2S. The average Bonchev–Trinajstić information content (AvgIpc) is 2.70. The SMILES string of the molecule is CCn1cc(S(=O)(=O)N(C)CC(F)(F)F)cc1CCl. The predicted octanol–water partition coefficient (Wildman–Crippen LogP) is 2.43. The van der Waals surface area contributed by atoms with Gasteiger partial charge in [0.2, 0.25) is 10.0 Å². The highest BCUT2D eigenvalue weighted by Gasteiger charge is 2.35. The molecule has 0 unspecified atom stereocenters. The molecule has 0 saturated heterocycles. The van der Waals surface area contributed by atoms with E-state index in [1.807, 2.05) is 0 Å². The van der Waals surface area contributed by atoms with Crippen LogP contribution < -0.4 is 0 Å². The van der Waals surface area contributed by atoms with Gasteiger partial charge in [-0.1, -0.05) is 0 Å². The van der Waals surface area contributed by atoms with Crippen LogP contribution in [0.25, 0.3) is 0 Å². The summed E-state index contributed by atoms with van der Waals surface area (Å²) in [5.74, 6) is 0.0896. The molecule has 0 aromatic carbocycles. The smallest absolute Gasteiger partial charge is 0.349 e. The van der Waals surface area contributed by atoms with Crippen molar-refractivity contribution in [1.29, 1.82) is 0 Å². The van der Waals surface area contributed by atoms with Gasteiger partial charge in [0.1, 0.15) is 11.4 Å². The van der Waals surface area contributed by atoms with Crippen LogP contribution in [0.15, 0.2) is 17.2 Å². The summed E-state index contributed by atoms with van der Waals surface area (Å²) in [6, 6.07) is 1.29. The van der Waals surface area contributed by atoms with E-state index in [-0.39, 0.29) is 15.1 Å². The minimum atomic E-state index is -4.58. The molecule has 0 aliphatic heterocycles. The third-order valence-electron chi connectivity index (χ3n) is 2.55. The third-order valence-corrected chi connectivity index (χ3v) is 4.59. The number of aryl methyl sites for hydroxylation is 1. The van der Waals surface area contributed by atoms with E-state index >= 15 is 0 Å². The lowest BCUT2D eigenvalue weighted by molar-refractivity contribution is -0.134. The fraction of sp³-hybridized carbons (Fsp3) is 0.600. The molecule has 4 nitrogen and oxygen atoms in total. The molecule has 0 bridgehead atoms. The second-order valence-corrected chi connectivity index (χ2v) is 6.28. The van der Waals surface area contributed by atoms with Crippen molar-refractivity contribution in [3.63, 3.8) is 0 Å². The lowest BCUT2D eigenvalue weighted by Crippen LogP contribution is -2.35. The van der Waals surface area contributed by atoms with Crippen LogP contribution in [0.1, 0.15) is 12.6 Å². The number of hydrogen-bond donors (Lipinski definition) is 0. The van der Waals surface area contributed by atoms with Crippen LogP contribution in [0.3, 0.4) is 0 Å². The lowest BCUT2D eigenvalue weighted by Gasteiger charge is -2.17. The molecule has 1 rings (SSSR count). The van der Waals surface area contributed by atoms with Crippen LogP contribution in [-0.2, 0) is 22.4 Å². The van der Waals surface area contributed by atoms with Gasteiger partial charge >= 0.3 is 6.18 Å². The Hall–Kier alpha value is -0.730. The number of nitrogens with zero attached hydrogens (tertiary/aromatic N) is 2. The summed E-state index contributed by atoms with van der Waals surface area (Å²) in [6.45, 7) is 0.745. The van der Waals surface area contributed by atoms with Gasteiger partial charge in [0.15, 0.2) is 0 Å². The summed E-state index contributed by atoms with van der Waals surface area (Å²) in [5, 5.41) is 0. The topological polar surface area (TPSA) is 42.3 Å². The monoisotopic (exact) mass is 318 g/mol. The zero-order valence-electron chi connectivity index (χ0n) is 10.4. The number of rotatable bonds is 5. The largest absolute Gasteiger partial charge is 0.402 e. The van der Waals surface area contributed by atoms with E-state index in [2.05, 4.69) is 0 Å². The molecule has 0 spiro atoms. The second kappa shape index (κ2) is 5.72. The first kappa shape index (κ1) is 16.3. The van der Waals surface area contributed by atoms with Gasteiger partial charge in [0.25, 0.3) is 0 Å². The fourth-order valence-corrected chi connectivity index (χ4v) is 3.04. The van der Waals surface area contributed by atoms with Gasteiger partial charge in [-0.3, -0.25) is 0 Å². The van der Waals surface area contributed by atoms with Gasteiger partial charge in [0, 0.05) is 25.5 Å². The van der Waals surface area contributed by atoms with Gasteiger partial charge in [-0.05, 0) is 13.0 Å². The number of hydrogen-bond acceptors (Lipinski definition) is 2. The minimum Gasteiger partial charge on any atom is -0.349 e. The van der Waals surface area contributed by atoms with Crippen molar-refractivity contribution in [3.05, 3.63) is 18.0 Å². The quantitative estimate of drug-likeness (QED) is 0.783. The molecule has 0 aliphatic rings. The molecule has 0 amide bonds. The van der Waals surface area contributed by atoms with Crippen molar-refractivity contribution in [2.75, 3.05) is 13.6 Å². The first-order chi connectivity index (χ1) is 8.61. The van der Waals surface area contributed by atoms with Gasteiger partial charge in [-0.2, -0.15) is 17.5 Å². The van der Waals surface area contributed by atoms with Crippen molar-refractivity contribution >= 4 is 21.6 Å². The highest BCUT2D eigenvalue weighted by Crippen LogP contribution is 2.23. The van der Waals surface area contributed by atoms with E-state index in [0.717, 1.165) is 7.05 Å². The highest BCUT2D eigenvalue weighted by atomic mass is 35.5. The first-order valence-corrected chi connectivity index (χ1v) is 7.37. The van der Waals surface area contributed by atoms with Crippen LogP contribution in [0.5, 0.6) is 0 Å². The van der Waals surface area contributed by atoms with Gasteiger partial charge in [-0.25, -0.2) is 8.42 Å². The maximum absolute atomic E-state index is 12.2. The molecule has 1 aromatic heterocycles. The molecule has 0 fully saturated rings. The molecular weight excluding hydrogens is 305 g/mol. The van der Waals surface area contributed by atoms with Crippen LogP contribution in [0.4, 0.5) is 13.2 Å². The zero-order valence-corrected chi connectivity index (χ0v) is 12.0. The zero-order chi connectivity index (χ0) is 14.8. The van der Waals surface area contributed by atoms with E-state index in [1.165, 1.54) is 12.3 Å². The lowest BCUT2D eigenvalue weighted by atomic mass is 10.5. The summed E-state index contributed by atoms with van der Waals surface area (Å²) in [5.41, 5.74) is 0.545. The molecule has 0 atom stereocenters. The first-order valence-electron chi connectivity index (χ1n) is 5.40. The maximum atomic E-state index is 12.2. The van der Waals surface area contributed by atoms with Crippen LogP contribution >= 0.6 is 11.6 Å². The number of sulfonamides is 1. The van der Waals surface area contributed by atoms with Crippen molar-refractivity contribution in [1.82, 2.24) is 8.87 Å². The predicted molar refractivity (Wildman–Crippen MR) is 65.5 cm³/mol. The summed E-state index contributed by atoms with van der Waals surface area (Å²) in [7, 11) is -3.26. The van der Waals surface area contributed by atoms with Crippen molar-refractivity contribution < 1.29 is 21.6 Å². The molecule has 1 aromatic rings. The van der Waals surface area contributed by atoms with Crippen molar-refractivity contribution in [3.8, 4) is 0 Å². The minimum absolute atomic E-state index is 0.0896. The van der Waals surface area contributed by atoms with Crippen LogP contribution in [0.2, 0.25) is 0 Å². The Kier molecular flexibility index (Phi) is 4.91. The van der Waals surface area contributed by atoms with E-state index in [4.69, 9.17) is 11.6 Å².